The number of halogens is 6. The molecule has 0 bridgehead atoms. The van der Waals surface area contributed by atoms with Crippen molar-refractivity contribution in [3.05, 3.63) is 70.3 Å². The van der Waals surface area contributed by atoms with E-state index in [1.807, 2.05) is 0 Å². The first-order valence-corrected chi connectivity index (χ1v) is 13.4. The van der Waals surface area contributed by atoms with Crippen molar-refractivity contribution >= 4 is 21.3 Å². The lowest BCUT2D eigenvalue weighted by molar-refractivity contribution is -0.216. The van der Waals surface area contributed by atoms with Crippen molar-refractivity contribution in [2.24, 2.45) is 5.16 Å². The summed E-state index contributed by atoms with van der Waals surface area (Å²) in [4.78, 5) is 17.6. The summed E-state index contributed by atoms with van der Waals surface area (Å²) in [5.41, 5.74) is -1.73. The fourth-order valence-corrected chi connectivity index (χ4v) is 5.67. The van der Waals surface area contributed by atoms with Gasteiger partial charge in [-0.1, -0.05) is 35.5 Å². The van der Waals surface area contributed by atoms with E-state index in [1.54, 1.807) is 6.07 Å². The normalized spacial score (nSPS) is 24.5. The molecule has 3 atom stereocenters. The lowest BCUT2D eigenvalue weighted by Gasteiger charge is -2.39. The van der Waals surface area contributed by atoms with Crippen LogP contribution in [0.1, 0.15) is 39.8 Å². The lowest BCUT2D eigenvalue weighted by Crippen LogP contribution is -2.57. The van der Waals surface area contributed by atoms with Gasteiger partial charge in [0.25, 0.3) is 0 Å². The van der Waals surface area contributed by atoms with E-state index in [1.165, 1.54) is 12.1 Å². The summed E-state index contributed by atoms with van der Waals surface area (Å²) in [7, 11) is -3.71. The van der Waals surface area contributed by atoms with Crippen molar-refractivity contribution in [3.63, 3.8) is 0 Å². The van der Waals surface area contributed by atoms with Crippen LogP contribution >= 0.6 is 0 Å². The molecular formula is C24H20F6N2O5S. The summed E-state index contributed by atoms with van der Waals surface area (Å²) in [6.07, 6.45) is -12.7. The van der Waals surface area contributed by atoms with E-state index in [-0.39, 0.29) is 22.4 Å². The van der Waals surface area contributed by atoms with Gasteiger partial charge in [0.05, 0.1) is 17.2 Å². The predicted octanol–water partition coefficient (Wildman–Crippen LogP) is 3.64. The van der Waals surface area contributed by atoms with Gasteiger partial charge in [-0.2, -0.15) is 26.3 Å². The van der Waals surface area contributed by atoms with Crippen molar-refractivity contribution < 1.29 is 49.1 Å². The number of benzene rings is 2. The first-order valence-electron chi connectivity index (χ1n) is 11.3. The molecule has 0 saturated carbocycles. The molecule has 0 radical (unpaired) electrons. The van der Waals surface area contributed by atoms with E-state index in [2.05, 4.69) is 10.5 Å². The van der Waals surface area contributed by atoms with E-state index in [4.69, 9.17) is 9.57 Å². The number of nitrogens with zero attached hydrogens (tertiary/aromatic N) is 1. The molecule has 0 amide bonds. The fourth-order valence-electron chi connectivity index (χ4n) is 5.00. The Morgan fingerprint density at radius 2 is 1.82 bits per heavy atom. The highest BCUT2D eigenvalue weighted by Gasteiger charge is 2.55. The Balaban J connectivity index is 1.59. The zero-order valence-corrected chi connectivity index (χ0v) is 20.4. The molecule has 0 aromatic heterocycles. The van der Waals surface area contributed by atoms with Crippen LogP contribution in [0.2, 0.25) is 0 Å². The lowest BCUT2D eigenvalue weighted by atomic mass is 9.82. The zero-order chi connectivity index (χ0) is 27.7. The molecular weight excluding hydrogens is 542 g/mol. The second-order valence-corrected chi connectivity index (χ2v) is 11.7. The van der Waals surface area contributed by atoms with Crippen LogP contribution in [-0.4, -0.2) is 57.3 Å². The number of carbonyl (C=O) groups is 1. The van der Waals surface area contributed by atoms with Gasteiger partial charge in [0.2, 0.25) is 6.10 Å². The Morgan fingerprint density at radius 3 is 2.39 bits per heavy atom. The average Bonchev–Trinajstić information content (AvgIpc) is 3.37. The van der Waals surface area contributed by atoms with Crippen LogP contribution in [0.15, 0.2) is 47.6 Å². The number of rotatable bonds is 5. The monoisotopic (exact) mass is 562 g/mol. The minimum absolute atomic E-state index is 0.0722. The quantitative estimate of drug-likeness (QED) is 0.560. The van der Waals surface area contributed by atoms with Gasteiger partial charge in [-0.15, -0.1) is 0 Å². The van der Waals surface area contributed by atoms with Crippen LogP contribution in [0, 0.1) is 0 Å². The molecule has 1 spiro atoms. The third-order valence-electron chi connectivity index (χ3n) is 6.74. The van der Waals surface area contributed by atoms with Gasteiger partial charge < -0.3 is 14.9 Å². The number of ketones is 1. The molecule has 2 aromatic rings. The van der Waals surface area contributed by atoms with E-state index < -0.39 is 63.0 Å². The maximum Gasteiger partial charge on any atom is 0.429 e. The van der Waals surface area contributed by atoms with Gasteiger partial charge in [-0.25, -0.2) is 8.42 Å². The SMILES string of the molecule is CS(=O)(=O)CC(=O)C1OC2(CNC2)c2ccc(C3=NOC(C(F)(F)F)C3c3cccc(C(F)(F)F)c3)cc21. The zero-order valence-electron chi connectivity index (χ0n) is 19.6. The number of hydrogen-bond acceptors (Lipinski definition) is 7. The largest absolute Gasteiger partial charge is 0.429 e. The van der Waals surface area contributed by atoms with Crippen molar-refractivity contribution in [1.29, 1.82) is 0 Å². The molecule has 3 unspecified atom stereocenters. The molecule has 3 aliphatic heterocycles. The number of sulfone groups is 1. The van der Waals surface area contributed by atoms with Gasteiger partial charge in [-0.05, 0) is 28.8 Å². The Kier molecular flexibility index (Phi) is 6.15. The van der Waals surface area contributed by atoms with E-state index in [9.17, 15) is 39.6 Å². The Morgan fingerprint density at radius 1 is 1.11 bits per heavy atom. The minimum Gasteiger partial charge on any atom is -0.381 e. The van der Waals surface area contributed by atoms with Crippen molar-refractivity contribution in [2.45, 2.75) is 36.1 Å². The molecule has 38 heavy (non-hydrogen) atoms. The Hall–Kier alpha value is -2.97. The molecule has 1 N–H and O–H groups in total. The van der Waals surface area contributed by atoms with Crippen LogP contribution in [0.3, 0.4) is 0 Å². The third-order valence-corrected chi connectivity index (χ3v) is 7.55. The highest BCUT2D eigenvalue weighted by atomic mass is 32.2. The molecule has 1 fully saturated rings. The standard InChI is InChI=1S/C24H20F6N2O5S/c1-38(34,35)9-17(33)20-15-8-13(5-6-16(15)22(36-20)10-31-11-22)19-18(21(37-32-19)24(28,29)30)12-3-2-4-14(7-12)23(25,26)27/h2-8,18,20-21,31H,9-11H2,1H3. The van der Waals surface area contributed by atoms with Crippen molar-refractivity contribution in [2.75, 3.05) is 25.1 Å². The molecule has 3 heterocycles. The van der Waals surface area contributed by atoms with Crippen LogP contribution in [0.25, 0.3) is 0 Å². The second-order valence-electron chi connectivity index (χ2n) is 9.58. The van der Waals surface area contributed by atoms with E-state index in [0.717, 1.165) is 24.5 Å². The topological polar surface area (TPSA) is 94.1 Å². The first-order chi connectivity index (χ1) is 17.6. The van der Waals surface area contributed by atoms with Gasteiger partial charge in [0, 0.05) is 24.9 Å². The summed E-state index contributed by atoms with van der Waals surface area (Å²) in [5.74, 6) is -3.29. The molecule has 2 aromatic carbocycles. The fraction of sp³-hybridized carbons (Fsp3) is 0.417. The number of nitrogens with one attached hydrogen (secondary N) is 1. The molecule has 0 aliphatic carbocycles. The van der Waals surface area contributed by atoms with Gasteiger partial charge in [-0.3, -0.25) is 4.79 Å². The van der Waals surface area contributed by atoms with E-state index >= 15 is 0 Å². The van der Waals surface area contributed by atoms with Gasteiger partial charge in [0.1, 0.15) is 17.5 Å². The van der Waals surface area contributed by atoms with Crippen molar-refractivity contribution in [1.82, 2.24) is 5.32 Å². The van der Waals surface area contributed by atoms with E-state index in [0.29, 0.717) is 24.7 Å². The number of oxime groups is 1. The molecule has 5 rings (SSSR count). The Labute approximate surface area is 212 Å². The predicted molar refractivity (Wildman–Crippen MR) is 121 cm³/mol. The maximum atomic E-state index is 13.9. The molecule has 3 aliphatic rings. The second kappa shape index (κ2) is 8.78. The van der Waals surface area contributed by atoms with Gasteiger partial charge >= 0.3 is 12.4 Å². The summed E-state index contributed by atoms with van der Waals surface area (Å²) < 4.78 is 111. The minimum atomic E-state index is -4.96. The van der Waals surface area contributed by atoms with Crippen LogP contribution < -0.4 is 5.32 Å². The number of hydrogen-bond donors (Lipinski definition) is 1. The highest BCUT2D eigenvalue weighted by Crippen LogP contribution is 2.48. The van der Waals surface area contributed by atoms with Crippen LogP contribution in [0.4, 0.5) is 26.3 Å². The first kappa shape index (κ1) is 26.6. The van der Waals surface area contributed by atoms with Crippen LogP contribution in [0.5, 0.6) is 0 Å². The summed E-state index contributed by atoms with van der Waals surface area (Å²) in [6, 6.07) is 7.86. The van der Waals surface area contributed by atoms with Gasteiger partial charge in [0.15, 0.2) is 15.6 Å². The number of ether oxygens (including phenoxy) is 1. The summed E-state index contributed by atoms with van der Waals surface area (Å²) in [5, 5.41) is 6.63. The maximum absolute atomic E-state index is 13.9. The van der Waals surface area contributed by atoms with Crippen LogP contribution in [-0.2, 0) is 36.0 Å². The number of Topliss-reactive ketones (excluding diaryl/α,β-unsaturated/α-hetero) is 1. The summed E-state index contributed by atoms with van der Waals surface area (Å²) in [6.45, 7) is 0.657. The average molecular weight is 562 g/mol. The number of alkyl halides is 6. The summed E-state index contributed by atoms with van der Waals surface area (Å²) >= 11 is 0. The number of carbonyl (C=O) groups excluding carboxylic acids is 1. The molecule has 7 nitrogen and oxygen atoms in total. The number of fused-ring (bicyclic) bond motifs is 2. The Bertz CT molecular complexity index is 1430. The van der Waals surface area contributed by atoms with Crippen molar-refractivity contribution in [3.8, 4) is 0 Å². The molecule has 204 valence electrons. The molecule has 14 heteroatoms. The molecule has 1 saturated heterocycles. The highest BCUT2D eigenvalue weighted by molar-refractivity contribution is 7.91. The smallest absolute Gasteiger partial charge is 0.381 e. The third kappa shape index (κ3) is 4.69.